The van der Waals surface area contributed by atoms with Crippen molar-refractivity contribution in [3.05, 3.63) is 143 Å². The third kappa shape index (κ3) is 5.78. The molecule has 0 radical (unpaired) electrons. The summed E-state index contributed by atoms with van der Waals surface area (Å²) < 4.78 is 40.0. The molecule has 0 aliphatic carbocycles. The topological polar surface area (TPSA) is 43.8 Å². The van der Waals surface area contributed by atoms with Crippen LogP contribution < -0.4 is 0 Å². The fraction of sp³-hybridized carbons (Fsp3) is 0.324. The molecule has 4 aromatic rings. The summed E-state index contributed by atoms with van der Waals surface area (Å²) in [6, 6.07) is 35.3. The number of benzene rings is 4. The highest BCUT2D eigenvalue weighted by Gasteiger charge is 2.55. The van der Waals surface area contributed by atoms with E-state index in [9.17, 15) is 23.1 Å². The molecule has 1 N–H and O–H groups in total. The van der Waals surface area contributed by atoms with Crippen LogP contribution in [0.4, 0.5) is 13.2 Å². The van der Waals surface area contributed by atoms with Crippen molar-refractivity contribution in [2.75, 3.05) is 26.2 Å². The molecule has 6 rings (SSSR count). The van der Waals surface area contributed by atoms with E-state index in [-0.39, 0.29) is 11.8 Å². The maximum Gasteiger partial charge on any atom is 0.416 e. The first-order valence-corrected chi connectivity index (χ1v) is 15.3. The second-order valence-corrected chi connectivity index (χ2v) is 12.1. The number of carbonyl (C=O) groups excluding carboxylic acids is 1. The van der Waals surface area contributed by atoms with Crippen LogP contribution in [0.5, 0.6) is 0 Å². The molecule has 2 fully saturated rings. The van der Waals surface area contributed by atoms with Crippen molar-refractivity contribution < 1.29 is 23.1 Å². The van der Waals surface area contributed by atoms with Crippen LogP contribution in [0.3, 0.4) is 0 Å². The molecule has 2 aliphatic rings. The van der Waals surface area contributed by atoms with Gasteiger partial charge in [-0.25, -0.2) is 0 Å². The van der Waals surface area contributed by atoms with Crippen molar-refractivity contribution in [3.8, 4) is 0 Å². The number of amides is 1. The SMILES string of the molecule is O=C1N(Cc2ccccc2)CC(CCN2CCC(O)(c3cccc(C(F)(F)F)c3)CC2)C1(c1ccccc1)c1ccccc1. The number of halogens is 3. The molecule has 0 bridgehead atoms. The summed E-state index contributed by atoms with van der Waals surface area (Å²) >= 11 is 0. The van der Waals surface area contributed by atoms with Gasteiger partial charge in [-0.1, -0.05) is 103 Å². The lowest BCUT2D eigenvalue weighted by molar-refractivity contribution is -0.137. The Balaban J connectivity index is 1.24. The van der Waals surface area contributed by atoms with Gasteiger partial charge in [-0.05, 0) is 60.2 Å². The van der Waals surface area contributed by atoms with Crippen LogP contribution in [-0.2, 0) is 28.5 Å². The number of alkyl halides is 3. The number of rotatable bonds is 8. The van der Waals surface area contributed by atoms with E-state index in [4.69, 9.17) is 0 Å². The summed E-state index contributed by atoms with van der Waals surface area (Å²) in [6.45, 7) is 2.98. The lowest BCUT2D eigenvalue weighted by Gasteiger charge is -2.40. The highest BCUT2D eigenvalue weighted by atomic mass is 19.4. The zero-order valence-electron chi connectivity index (χ0n) is 24.6. The minimum absolute atomic E-state index is 0.00668. The van der Waals surface area contributed by atoms with Gasteiger partial charge in [0, 0.05) is 32.1 Å². The van der Waals surface area contributed by atoms with E-state index in [1.165, 1.54) is 6.07 Å². The van der Waals surface area contributed by atoms with E-state index in [1.54, 1.807) is 6.07 Å². The van der Waals surface area contributed by atoms with E-state index < -0.39 is 22.8 Å². The minimum atomic E-state index is -4.45. The fourth-order valence-electron chi connectivity index (χ4n) is 7.20. The Hall–Kier alpha value is -3.94. The zero-order valence-corrected chi connectivity index (χ0v) is 24.6. The lowest BCUT2D eigenvalue weighted by atomic mass is 9.66. The molecule has 7 heteroatoms. The summed E-state index contributed by atoms with van der Waals surface area (Å²) in [5, 5.41) is 11.4. The van der Waals surface area contributed by atoms with Crippen LogP contribution in [0.15, 0.2) is 115 Å². The first-order valence-electron chi connectivity index (χ1n) is 15.3. The summed E-state index contributed by atoms with van der Waals surface area (Å²) in [5.41, 5.74) is 0.481. The quantitative estimate of drug-likeness (QED) is 0.237. The smallest absolute Gasteiger partial charge is 0.385 e. The van der Waals surface area contributed by atoms with Crippen molar-refractivity contribution in [1.29, 1.82) is 0 Å². The van der Waals surface area contributed by atoms with Gasteiger partial charge in [-0.15, -0.1) is 0 Å². The first kappa shape index (κ1) is 30.1. The Labute approximate surface area is 256 Å². The minimum Gasteiger partial charge on any atom is -0.385 e. The van der Waals surface area contributed by atoms with E-state index in [1.807, 2.05) is 71.6 Å². The maximum absolute atomic E-state index is 14.6. The molecule has 1 amide bonds. The highest BCUT2D eigenvalue weighted by molar-refractivity contribution is 5.94. The predicted octanol–water partition coefficient (Wildman–Crippen LogP) is 7.02. The average Bonchev–Trinajstić information content (AvgIpc) is 3.32. The Bertz CT molecular complexity index is 1510. The molecule has 2 aliphatic heterocycles. The summed E-state index contributed by atoms with van der Waals surface area (Å²) in [5.74, 6) is 0.0918. The van der Waals surface area contributed by atoms with Gasteiger partial charge in [-0.3, -0.25) is 4.79 Å². The largest absolute Gasteiger partial charge is 0.416 e. The van der Waals surface area contributed by atoms with Crippen LogP contribution in [0.1, 0.15) is 47.1 Å². The molecule has 0 saturated carbocycles. The van der Waals surface area contributed by atoms with Crippen molar-refractivity contribution in [1.82, 2.24) is 9.80 Å². The molecule has 44 heavy (non-hydrogen) atoms. The lowest BCUT2D eigenvalue weighted by Crippen LogP contribution is -2.45. The predicted molar refractivity (Wildman–Crippen MR) is 165 cm³/mol. The van der Waals surface area contributed by atoms with Crippen LogP contribution >= 0.6 is 0 Å². The zero-order chi connectivity index (χ0) is 30.8. The van der Waals surface area contributed by atoms with Crippen LogP contribution in [0.2, 0.25) is 0 Å². The highest BCUT2D eigenvalue weighted by Crippen LogP contribution is 2.48. The second-order valence-electron chi connectivity index (χ2n) is 12.1. The molecule has 2 saturated heterocycles. The average molecular weight is 599 g/mol. The van der Waals surface area contributed by atoms with Gasteiger partial charge < -0.3 is 14.9 Å². The van der Waals surface area contributed by atoms with Gasteiger partial charge in [0.2, 0.25) is 5.91 Å². The van der Waals surface area contributed by atoms with Gasteiger partial charge in [0.15, 0.2) is 0 Å². The van der Waals surface area contributed by atoms with E-state index in [0.717, 1.165) is 41.8 Å². The van der Waals surface area contributed by atoms with Crippen LogP contribution in [0, 0.1) is 5.92 Å². The molecule has 4 nitrogen and oxygen atoms in total. The first-order chi connectivity index (χ1) is 21.2. The molecular weight excluding hydrogens is 561 g/mol. The number of likely N-dealkylation sites (tertiary alicyclic amines) is 2. The Morgan fingerprint density at radius 1 is 0.750 bits per heavy atom. The summed E-state index contributed by atoms with van der Waals surface area (Å²) in [4.78, 5) is 18.9. The molecule has 0 spiro atoms. The summed E-state index contributed by atoms with van der Waals surface area (Å²) in [7, 11) is 0. The Kier molecular flexibility index (Phi) is 8.36. The van der Waals surface area contributed by atoms with E-state index in [0.29, 0.717) is 44.6 Å². The van der Waals surface area contributed by atoms with Crippen molar-refractivity contribution in [3.63, 3.8) is 0 Å². The Morgan fingerprint density at radius 3 is 1.86 bits per heavy atom. The number of hydrogen-bond donors (Lipinski definition) is 1. The number of piperidine rings is 1. The molecule has 228 valence electrons. The van der Waals surface area contributed by atoms with Gasteiger partial charge in [0.1, 0.15) is 5.41 Å². The molecular formula is C37H37F3N2O2. The van der Waals surface area contributed by atoms with Crippen molar-refractivity contribution >= 4 is 5.91 Å². The standard InChI is InChI=1S/C37H37F3N2O2/c38-37(39,40)32-18-10-17-31(25-32)35(44)20-23-41(24-21-35)22-19-33-27-42(26-28-11-4-1-5-12-28)34(43)36(33,29-13-6-2-7-14-29)30-15-8-3-9-16-30/h1-18,25,33,44H,19-24,26-27H2. The third-order valence-corrected chi connectivity index (χ3v) is 9.56. The maximum atomic E-state index is 14.6. The van der Waals surface area contributed by atoms with Crippen molar-refractivity contribution in [2.24, 2.45) is 5.92 Å². The molecule has 1 atom stereocenters. The van der Waals surface area contributed by atoms with E-state index >= 15 is 0 Å². The molecule has 2 heterocycles. The van der Waals surface area contributed by atoms with Crippen LogP contribution in [0.25, 0.3) is 0 Å². The molecule has 4 aromatic carbocycles. The fourth-order valence-corrected chi connectivity index (χ4v) is 7.20. The Morgan fingerprint density at radius 2 is 1.30 bits per heavy atom. The molecule has 0 aromatic heterocycles. The van der Waals surface area contributed by atoms with Gasteiger partial charge >= 0.3 is 6.18 Å². The van der Waals surface area contributed by atoms with Crippen molar-refractivity contribution in [2.45, 2.75) is 43.0 Å². The number of hydrogen-bond acceptors (Lipinski definition) is 3. The monoisotopic (exact) mass is 598 g/mol. The number of aliphatic hydroxyl groups is 1. The van der Waals surface area contributed by atoms with Gasteiger partial charge in [0.05, 0.1) is 11.2 Å². The van der Waals surface area contributed by atoms with E-state index in [2.05, 4.69) is 29.2 Å². The second kappa shape index (κ2) is 12.2. The van der Waals surface area contributed by atoms with Gasteiger partial charge in [0.25, 0.3) is 0 Å². The third-order valence-electron chi connectivity index (χ3n) is 9.56. The normalized spacial score (nSPS) is 20.1. The van der Waals surface area contributed by atoms with Gasteiger partial charge in [-0.2, -0.15) is 13.2 Å². The molecule has 1 unspecified atom stereocenters. The van der Waals surface area contributed by atoms with Crippen LogP contribution in [-0.4, -0.2) is 47.0 Å². The number of nitrogens with zero attached hydrogens (tertiary/aromatic N) is 2. The summed E-state index contributed by atoms with van der Waals surface area (Å²) in [6.07, 6.45) is -3.01. The number of carbonyl (C=O) groups is 1.